The van der Waals surface area contributed by atoms with Crippen LogP contribution in [0.5, 0.6) is 0 Å². The van der Waals surface area contributed by atoms with Crippen molar-refractivity contribution in [2.75, 3.05) is 9.80 Å². The maximum Gasteiger partial charge on any atom is 0.0728 e. The Labute approximate surface area is 441 Å². The van der Waals surface area contributed by atoms with Crippen molar-refractivity contribution in [1.82, 2.24) is 4.57 Å². The first-order valence-electron chi connectivity index (χ1n) is 26.3. The average molecular weight is 966 g/mol. The minimum atomic E-state index is -0.741. The second-order valence-electron chi connectivity index (χ2n) is 20.4. The molecule has 2 aliphatic carbocycles. The summed E-state index contributed by atoms with van der Waals surface area (Å²) in [5.41, 5.74) is 19.5. The van der Waals surface area contributed by atoms with E-state index >= 15 is 0 Å². The second-order valence-corrected chi connectivity index (χ2v) is 20.4. The molecule has 0 saturated heterocycles. The average Bonchev–Trinajstić information content (AvgIpc) is 4.22. The summed E-state index contributed by atoms with van der Waals surface area (Å²) in [7, 11) is 0. The molecule has 1 spiro atoms. The van der Waals surface area contributed by atoms with Crippen molar-refractivity contribution in [2.24, 2.45) is 0 Å². The highest BCUT2D eigenvalue weighted by atomic mass is 15.2. The van der Waals surface area contributed by atoms with Crippen molar-refractivity contribution >= 4 is 88.2 Å². The molecule has 3 heteroatoms. The number of hydrogen-bond acceptors (Lipinski definition) is 2. The Morgan fingerprint density at radius 3 is 1.51 bits per heavy atom. The van der Waals surface area contributed by atoms with Gasteiger partial charge in [-0.3, -0.25) is 0 Å². The van der Waals surface area contributed by atoms with Crippen LogP contribution in [-0.4, -0.2) is 4.57 Å². The predicted octanol–water partition coefficient (Wildman–Crippen LogP) is 19.5. The fourth-order valence-electron chi connectivity index (χ4n) is 13.4. The molecule has 1 unspecified atom stereocenters. The van der Waals surface area contributed by atoms with E-state index in [1.807, 2.05) is 0 Å². The van der Waals surface area contributed by atoms with Gasteiger partial charge in [0.2, 0.25) is 0 Å². The van der Waals surface area contributed by atoms with Crippen LogP contribution in [0.15, 0.2) is 285 Å². The van der Waals surface area contributed by atoms with Gasteiger partial charge < -0.3 is 14.4 Å². The first kappa shape index (κ1) is 42.5. The molecule has 0 bridgehead atoms. The lowest BCUT2D eigenvalue weighted by molar-refractivity contribution is 0.794. The summed E-state index contributed by atoms with van der Waals surface area (Å²) in [4.78, 5) is 4.97. The lowest BCUT2D eigenvalue weighted by Crippen LogP contribution is -2.26. The van der Waals surface area contributed by atoms with Crippen molar-refractivity contribution in [3.8, 4) is 27.9 Å². The minimum Gasteiger partial charge on any atom is -0.310 e. The van der Waals surface area contributed by atoms with Gasteiger partial charge in [-0.05, 0) is 156 Å². The Morgan fingerprint density at radius 2 is 0.803 bits per heavy atom. The number of para-hydroxylation sites is 4. The second kappa shape index (κ2) is 16.5. The van der Waals surface area contributed by atoms with Crippen molar-refractivity contribution in [2.45, 2.75) is 5.41 Å². The summed E-state index contributed by atoms with van der Waals surface area (Å²) in [6.45, 7) is 0. The molecule has 3 nitrogen and oxygen atoms in total. The maximum absolute atomic E-state index is 2.60. The Morgan fingerprint density at radius 1 is 0.289 bits per heavy atom. The van der Waals surface area contributed by atoms with Gasteiger partial charge in [0.15, 0.2) is 0 Å². The van der Waals surface area contributed by atoms with Crippen LogP contribution in [0, 0.1) is 0 Å². The topological polar surface area (TPSA) is 11.4 Å². The van der Waals surface area contributed by atoms with Crippen LogP contribution in [0.2, 0.25) is 0 Å². The molecular weight excluding hydrogens is 919 g/mol. The molecule has 13 aromatic carbocycles. The summed E-state index contributed by atoms with van der Waals surface area (Å²) >= 11 is 0. The van der Waals surface area contributed by atoms with Crippen molar-refractivity contribution in [3.05, 3.63) is 307 Å². The van der Waals surface area contributed by atoms with E-state index in [1.165, 1.54) is 93.1 Å². The van der Waals surface area contributed by atoms with Gasteiger partial charge in [-0.1, -0.05) is 200 Å². The van der Waals surface area contributed by atoms with Crippen LogP contribution in [0.1, 0.15) is 22.3 Å². The molecule has 1 atom stereocenters. The molecule has 0 fully saturated rings. The van der Waals surface area contributed by atoms with E-state index < -0.39 is 5.41 Å². The normalized spacial score (nSPS) is 14.1. The molecule has 14 aromatic rings. The zero-order valence-electron chi connectivity index (χ0n) is 41.5. The molecule has 0 amide bonds. The van der Waals surface area contributed by atoms with Crippen LogP contribution in [-0.2, 0) is 5.41 Å². The number of hydrogen-bond donors (Lipinski definition) is 0. The SMILES string of the molecule is c1ccc(N(c2ccc3c(c2)C2(c4ccccc4-c4c2ccc2ccccc42)c2cc(N(c4ccccc4)c4ccc5ccccc5c4)c4c5ccccc5n(-c5ccccc5)c4c2-3)c2ccc3ccccc3c2)cc1. The molecule has 2 aliphatic rings. The van der Waals surface area contributed by atoms with E-state index in [1.54, 1.807) is 0 Å². The Bertz CT molecular complexity index is 4650. The third-order valence-electron chi connectivity index (χ3n) is 16.5. The molecule has 1 heterocycles. The highest BCUT2D eigenvalue weighted by Crippen LogP contribution is 2.67. The van der Waals surface area contributed by atoms with Gasteiger partial charge in [-0.2, -0.15) is 0 Å². The van der Waals surface area contributed by atoms with Crippen LogP contribution in [0.4, 0.5) is 34.1 Å². The number of rotatable bonds is 7. The molecule has 0 N–H and O–H groups in total. The number of benzene rings is 13. The van der Waals surface area contributed by atoms with E-state index in [4.69, 9.17) is 0 Å². The highest BCUT2D eigenvalue weighted by molar-refractivity contribution is 6.23. The summed E-state index contributed by atoms with van der Waals surface area (Å²) in [6.07, 6.45) is 0. The van der Waals surface area contributed by atoms with E-state index in [0.717, 1.165) is 45.3 Å². The first-order chi connectivity index (χ1) is 37.7. The van der Waals surface area contributed by atoms with Gasteiger partial charge in [0.1, 0.15) is 0 Å². The Kier molecular flexibility index (Phi) is 9.25. The van der Waals surface area contributed by atoms with Gasteiger partial charge in [0.25, 0.3) is 0 Å². The number of aromatic nitrogens is 1. The van der Waals surface area contributed by atoms with Crippen molar-refractivity contribution < 1.29 is 0 Å². The summed E-state index contributed by atoms with van der Waals surface area (Å²) < 4.78 is 2.56. The largest absolute Gasteiger partial charge is 0.310 e. The van der Waals surface area contributed by atoms with Crippen LogP contribution >= 0.6 is 0 Å². The van der Waals surface area contributed by atoms with Gasteiger partial charge in [0.05, 0.1) is 22.1 Å². The third kappa shape index (κ3) is 6.05. The molecule has 0 saturated carbocycles. The predicted molar refractivity (Wildman–Crippen MR) is 319 cm³/mol. The lowest BCUT2D eigenvalue weighted by Gasteiger charge is -2.34. The van der Waals surface area contributed by atoms with E-state index in [2.05, 4.69) is 299 Å². The molecule has 16 rings (SSSR count). The zero-order valence-corrected chi connectivity index (χ0v) is 41.5. The highest BCUT2D eigenvalue weighted by Gasteiger charge is 2.54. The zero-order chi connectivity index (χ0) is 49.9. The fraction of sp³-hybridized carbons (Fsp3) is 0.0137. The van der Waals surface area contributed by atoms with E-state index in [-0.39, 0.29) is 0 Å². The molecule has 0 radical (unpaired) electrons. The molecule has 1 aromatic heterocycles. The summed E-state index contributed by atoms with van der Waals surface area (Å²) in [5.74, 6) is 0. The van der Waals surface area contributed by atoms with Gasteiger partial charge in [-0.25, -0.2) is 0 Å². The Balaban J connectivity index is 1.10. The molecular formula is C73H47N3. The third-order valence-corrected chi connectivity index (χ3v) is 16.5. The first-order valence-corrected chi connectivity index (χ1v) is 26.3. The number of fused-ring (bicyclic) bond motifs is 18. The summed E-state index contributed by atoms with van der Waals surface area (Å²) in [6, 6.07) is 106. The van der Waals surface area contributed by atoms with Crippen LogP contribution in [0.25, 0.3) is 82.1 Å². The van der Waals surface area contributed by atoms with Crippen LogP contribution < -0.4 is 9.80 Å². The number of nitrogens with zero attached hydrogens (tertiary/aromatic N) is 3. The maximum atomic E-state index is 2.60. The lowest BCUT2D eigenvalue weighted by atomic mass is 9.70. The Hall–Kier alpha value is -9.96. The quantitative estimate of drug-likeness (QED) is 0.158. The molecule has 76 heavy (non-hydrogen) atoms. The van der Waals surface area contributed by atoms with Gasteiger partial charge in [0, 0.05) is 50.5 Å². The standard InChI is InChI=1S/C73H47N3/c1-4-25-53(26-5-1)74(56-39-36-48-20-10-12-23-51(48)44-56)58-41-42-61-65(46-58)73(63-34-18-16-32-60(63)69-59-31-15-14-22-50(59)38-43-64(69)73)66-47-68(75(54-27-6-2-7-28-54)57-40-37-49-21-11-13-24-52(49)45-57)71-62-33-17-19-35-67(62)76(72(71)70(61)66)55-29-8-3-9-30-55/h1-47H. The molecule has 0 aliphatic heterocycles. The smallest absolute Gasteiger partial charge is 0.0728 e. The fourth-order valence-corrected chi connectivity index (χ4v) is 13.4. The summed E-state index contributed by atoms with van der Waals surface area (Å²) in [5, 5.41) is 9.73. The number of anilines is 6. The monoisotopic (exact) mass is 965 g/mol. The minimum absolute atomic E-state index is 0.741. The van der Waals surface area contributed by atoms with Crippen molar-refractivity contribution in [3.63, 3.8) is 0 Å². The van der Waals surface area contributed by atoms with E-state index in [9.17, 15) is 0 Å². The van der Waals surface area contributed by atoms with Gasteiger partial charge >= 0.3 is 0 Å². The molecule has 354 valence electrons. The van der Waals surface area contributed by atoms with E-state index in [0.29, 0.717) is 0 Å². The van der Waals surface area contributed by atoms with Crippen molar-refractivity contribution in [1.29, 1.82) is 0 Å². The van der Waals surface area contributed by atoms with Crippen LogP contribution in [0.3, 0.4) is 0 Å². The van der Waals surface area contributed by atoms with Gasteiger partial charge in [-0.15, -0.1) is 0 Å².